The maximum Gasteiger partial charge on any atom is 0.170 e. The van der Waals surface area contributed by atoms with Crippen LogP contribution in [0, 0.1) is 29.1 Å². The smallest absolute Gasteiger partial charge is 0.170 e. The largest absolute Gasteiger partial charge is 0.261 e. The van der Waals surface area contributed by atoms with Gasteiger partial charge in [-0.05, 0) is 55.5 Å². The van der Waals surface area contributed by atoms with Crippen molar-refractivity contribution < 1.29 is 22.0 Å². The zero-order valence-electron chi connectivity index (χ0n) is 20.4. The molecule has 0 aliphatic heterocycles. The lowest BCUT2D eigenvalue weighted by Crippen LogP contribution is -2.02. The molecule has 2 aromatic carbocycles. The molecule has 6 heteroatoms. The molecule has 0 aliphatic carbocycles. The molecule has 3 aromatic rings. The second-order valence-electron chi connectivity index (χ2n) is 8.99. The molecule has 1 heterocycles. The number of halogens is 5. The minimum Gasteiger partial charge on any atom is -0.261 e. The third-order valence-electron chi connectivity index (χ3n) is 6.29. The molecule has 35 heavy (non-hydrogen) atoms. The van der Waals surface area contributed by atoms with Gasteiger partial charge in [0.15, 0.2) is 11.6 Å². The van der Waals surface area contributed by atoms with Crippen molar-refractivity contribution in [3.8, 4) is 22.3 Å². The summed E-state index contributed by atoms with van der Waals surface area (Å²) in [4.78, 5) is 4.27. The Labute approximate surface area is 204 Å². The number of aromatic nitrogens is 1. The molecule has 0 saturated carbocycles. The third kappa shape index (κ3) is 6.68. The van der Waals surface area contributed by atoms with Crippen molar-refractivity contribution in [2.24, 2.45) is 0 Å². The van der Waals surface area contributed by atoms with Gasteiger partial charge in [0.25, 0.3) is 0 Å². The first-order valence-electron chi connectivity index (χ1n) is 12.5. The number of hydrogen-bond acceptors (Lipinski definition) is 1. The first kappa shape index (κ1) is 26.8. The molecule has 0 unspecified atom stereocenters. The lowest BCUT2D eigenvalue weighted by Gasteiger charge is -2.13. The molecule has 0 aliphatic rings. The van der Waals surface area contributed by atoms with Crippen molar-refractivity contribution >= 4 is 0 Å². The molecular formula is C29H32F5N. The fourth-order valence-corrected chi connectivity index (χ4v) is 4.25. The van der Waals surface area contributed by atoms with Gasteiger partial charge in [0.2, 0.25) is 0 Å². The Morgan fingerprint density at radius 3 is 1.89 bits per heavy atom. The van der Waals surface area contributed by atoms with Crippen molar-refractivity contribution in [1.82, 2.24) is 4.98 Å². The quantitative estimate of drug-likeness (QED) is 0.140. The summed E-state index contributed by atoms with van der Waals surface area (Å²) in [5, 5.41) is 0. The molecule has 0 bridgehead atoms. The second kappa shape index (κ2) is 12.8. The van der Waals surface area contributed by atoms with Crippen LogP contribution in [0.15, 0.2) is 36.5 Å². The number of pyridine rings is 1. The monoisotopic (exact) mass is 489 g/mol. The molecule has 0 spiro atoms. The van der Waals surface area contributed by atoms with Crippen LogP contribution in [0.25, 0.3) is 22.3 Å². The van der Waals surface area contributed by atoms with Gasteiger partial charge < -0.3 is 0 Å². The lowest BCUT2D eigenvalue weighted by atomic mass is 9.96. The molecule has 1 nitrogen and oxygen atoms in total. The van der Waals surface area contributed by atoms with Crippen LogP contribution in [0.3, 0.4) is 0 Å². The summed E-state index contributed by atoms with van der Waals surface area (Å²) < 4.78 is 73.9. The summed E-state index contributed by atoms with van der Waals surface area (Å²) in [5.74, 6) is -5.51. The summed E-state index contributed by atoms with van der Waals surface area (Å²) in [6, 6.07) is 5.83. The highest BCUT2D eigenvalue weighted by Gasteiger charge is 2.23. The number of aryl methyl sites for hydroxylation is 1. The number of benzene rings is 2. The van der Waals surface area contributed by atoms with E-state index in [9.17, 15) is 22.0 Å². The van der Waals surface area contributed by atoms with E-state index in [0.29, 0.717) is 6.42 Å². The molecule has 0 N–H and O–H groups in total. The molecule has 188 valence electrons. The van der Waals surface area contributed by atoms with Gasteiger partial charge in [-0.2, -0.15) is 0 Å². The Kier molecular flexibility index (Phi) is 9.82. The van der Waals surface area contributed by atoms with Crippen LogP contribution >= 0.6 is 0 Å². The van der Waals surface area contributed by atoms with Gasteiger partial charge in [0, 0.05) is 28.6 Å². The fourth-order valence-electron chi connectivity index (χ4n) is 4.25. The Bertz CT molecular complexity index is 1100. The normalized spacial score (nSPS) is 11.3. The number of unbranched alkanes of at least 4 members (excludes halogenated alkanes) is 6. The van der Waals surface area contributed by atoms with Crippen molar-refractivity contribution in [2.75, 3.05) is 0 Å². The standard InChI is InChI=1S/C29H32F5N/c1-3-5-7-8-10-11-21-14-13-19(18-35-21)27-26(32)17-23(28(33)29(27)34)20-15-24(30)22(25(31)16-20)12-9-6-4-2/h13-18H,3-12H2,1-2H3. The molecule has 0 amide bonds. The average Bonchev–Trinajstić information content (AvgIpc) is 2.84. The van der Waals surface area contributed by atoms with Gasteiger partial charge in [-0.15, -0.1) is 0 Å². The van der Waals surface area contributed by atoms with E-state index >= 15 is 0 Å². The van der Waals surface area contributed by atoms with E-state index in [1.807, 2.05) is 6.92 Å². The zero-order chi connectivity index (χ0) is 25.4. The van der Waals surface area contributed by atoms with Crippen LogP contribution < -0.4 is 0 Å². The van der Waals surface area contributed by atoms with E-state index < -0.39 is 40.2 Å². The Morgan fingerprint density at radius 2 is 1.26 bits per heavy atom. The highest BCUT2D eigenvalue weighted by Crippen LogP contribution is 2.35. The number of hydrogen-bond donors (Lipinski definition) is 0. The van der Waals surface area contributed by atoms with Crippen molar-refractivity contribution in [3.05, 3.63) is 76.9 Å². The molecule has 0 fully saturated rings. The van der Waals surface area contributed by atoms with E-state index in [1.165, 1.54) is 18.7 Å². The van der Waals surface area contributed by atoms with Crippen LogP contribution in [-0.4, -0.2) is 4.98 Å². The molecular weight excluding hydrogens is 457 g/mol. The van der Waals surface area contributed by atoms with Crippen LogP contribution in [0.5, 0.6) is 0 Å². The van der Waals surface area contributed by atoms with Crippen LogP contribution in [0.1, 0.15) is 76.5 Å². The zero-order valence-corrected chi connectivity index (χ0v) is 20.4. The summed E-state index contributed by atoms with van der Waals surface area (Å²) in [7, 11) is 0. The van der Waals surface area contributed by atoms with Crippen LogP contribution in [0.2, 0.25) is 0 Å². The molecule has 0 atom stereocenters. The Morgan fingerprint density at radius 1 is 0.629 bits per heavy atom. The molecule has 0 radical (unpaired) electrons. The van der Waals surface area contributed by atoms with Gasteiger partial charge in [-0.25, -0.2) is 22.0 Å². The highest BCUT2D eigenvalue weighted by molar-refractivity contribution is 5.72. The van der Waals surface area contributed by atoms with E-state index in [-0.39, 0.29) is 23.1 Å². The summed E-state index contributed by atoms with van der Waals surface area (Å²) in [5.41, 5.74) is -0.532. The van der Waals surface area contributed by atoms with Gasteiger partial charge in [-0.1, -0.05) is 58.4 Å². The maximum absolute atomic E-state index is 15.0. The molecule has 1 aromatic heterocycles. The summed E-state index contributed by atoms with van der Waals surface area (Å²) in [6.07, 6.45) is 10.2. The summed E-state index contributed by atoms with van der Waals surface area (Å²) in [6.45, 7) is 4.13. The van der Waals surface area contributed by atoms with Crippen molar-refractivity contribution in [2.45, 2.75) is 78.1 Å². The molecule has 0 saturated heterocycles. The topological polar surface area (TPSA) is 12.9 Å². The van der Waals surface area contributed by atoms with E-state index in [4.69, 9.17) is 0 Å². The first-order valence-corrected chi connectivity index (χ1v) is 12.5. The van der Waals surface area contributed by atoms with E-state index in [1.54, 1.807) is 6.07 Å². The minimum atomic E-state index is -1.41. The summed E-state index contributed by atoms with van der Waals surface area (Å²) >= 11 is 0. The fraction of sp³-hybridized carbons (Fsp3) is 0.414. The Balaban J connectivity index is 1.84. The van der Waals surface area contributed by atoms with Gasteiger partial charge in [0.1, 0.15) is 17.5 Å². The van der Waals surface area contributed by atoms with Crippen LogP contribution in [0.4, 0.5) is 22.0 Å². The van der Waals surface area contributed by atoms with Crippen molar-refractivity contribution in [1.29, 1.82) is 0 Å². The van der Waals surface area contributed by atoms with Gasteiger partial charge in [0.05, 0.1) is 5.56 Å². The van der Waals surface area contributed by atoms with Gasteiger partial charge in [-0.3, -0.25) is 4.98 Å². The predicted octanol–water partition coefficient (Wildman–Crippen LogP) is 9.36. The third-order valence-corrected chi connectivity index (χ3v) is 6.29. The van der Waals surface area contributed by atoms with E-state index in [0.717, 1.165) is 68.8 Å². The average molecular weight is 490 g/mol. The number of rotatable bonds is 12. The number of nitrogens with zero attached hydrogens (tertiary/aromatic N) is 1. The van der Waals surface area contributed by atoms with Gasteiger partial charge >= 0.3 is 0 Å². The van der Waals surface area contributed by atoms with Crippen LogP contribution in [-0.2, 0) is 12.8 Å². The first-order chi connectivity index (χ1) is 16.9. The molecule has 3 rings (SSSR count). The SMILES string of the molecule is CCCCCCCc1ccc(-c2c(F)cc(-c3cc(F)c(CCCCC)c(F)c3)c(F)c2F)cn1. The van der Waals surface area contributed by atoms with E-state index in [2.05, 4.69) is 11.9 Å². The Hall–Kier alpha value is -2.76. The minimum absolute atomic E-state index is 0.100. The predicted molar refractivity (Wildman–Crippen MR) is 131 cm³/mol. The van der Waals surface area contributed by atoms with Crippen molar-refractivity contribution in [3.63, 3.8) is 0 Å². The highest BCUT2D eigenvalue weighted by atomic mass is 19.2. The second-order valence-corrected chi connectivity index (χ2v) is 8.99. The maximum atomic E-state index is 15.0. The lowest BCUT2D eigenvalue weighted by molar-refractivity contribution is 0.501.